The van der Waals surface area contributed by atoms with Crippen molar-refractivity contribution in [1.29, 1.82) is 0 Å². The molecule has 2 aromatic rings. The Bertz CT molecular complexity index is 1080. The van der Waals surface area contributed by atoms with Crippen LogP contribution in [0.2, 0.25) is 0 Å². The molecular formula is C23H25FN4O4. The van der Waals surface area contributed by atoms with E-state index in [1.807, 2.05) is 0 Å². The molecule has 2 fully saturated rings. The fraction of sp³-hybridized carbons (Fsp3) is 0.391. The molecule has 1 N–H and O–H groups in total. The number of likely N-dealkylation sites (tertiary alicyclic amines) is 1. The van der Waals surface area contributed by atoms with Crippen LogP contribution < -0.4 is 0 Å². The molecule has 0 saturated carbocycles. The molecule has 4 rings (SSSR count). The van der Waals surface area contributed by atoms with Crippen LogP contribution in [0.1, 0.15) is 28.7 Å². The molecule has 2 aliphatic rings. The number of aliphatic hydroxyl groups excluding tert-OH is 1. The maximum atomic E-state index is 14.1. The van der Waals surface area contributed by atoms with E-state index in [1.165, 1.54) is 29.3 Å². The number of aryl methyl sites for hydroxylation is 2. The summed E-state index contributed by atoms with van der Waals surface area (Å²) in [6.45, 7) is 6.88. The van der Waals surface area contributed by atoms with Gasteiger partial charge in [-0.3, -0.25) is 14.5 Å². The van der Waals surface area contributed by atoms with E-state index in [1.54, 1.807) is 19.9 Å². The van der Waals surface area contributed by atoms with Crippen LogP contribution in [0.15, 0.2) is 36.0 Å². The molecule has 1 atom stereocenters. The quantitative estimate of drug-likeness (QED) is 0.432. The highest BCUT2D eigenvalue weighted by atomic mass is 19.1. The molecule has 168 valence electrons. The molecule has 1 unspecified atom stereocenters. The number of hydrogen-bond donors (Lipinski definition) is 1. The third-order valence-corrected chi connectivity index (χ3v) is 5.82. The van der Waals surface area contributed by atoms with Crippen LogP contribution >= 0.6 is 0 Å². The number of ether oxygens (including phenoxy) is 1. The number of aliphatic hydroxyl groups is 1. The van der Waals surface area contributed by atoms with Crippen molar-refractivity contribution in [3.8, 4) is 0 Å². The number of ketones is 1. The second kappa shape index (κ2) is 9.13. The van der Waals surface area contributed by atoms with Gasteiger partial charge in [-0.2, -0.15) is 0 Å². The lowest BCUT2D eigenvalue weighted by molar-refractivity contribution is -0.140. The summed E-state index contributed by atoms with van der Waals surface area (Å²) in [6.07, 6.45) is 1.43. The average Bonchev–Trinajstić information content (AvgIpc) is 3.03. The number of amides is 1. The highest BCUT2D eigenvalue weighted by Crippen LogP contribution is 2.39. The van der Waals surface area contributed by atoms with Crippen LogP contribution in [-0.4, -0.2) is 76.0 Å². The van der Waals surface area contributed by atoms with Crippen LogP contribution in [-0.2, 0) is 14.3 Å². The minimum atomic E-state index is -0.910. The number of nitrogens with zero attached hydrogens (tertiary/aromatic N) is 4. The molecular weight excluding hydrogens is 415 g/mol. The highest BCUT2D eigenvalue weighted by molar-refractivity contribution is 6.46. The monoisotopic (exact) mass is 440 g/mol. The van der Waals surface area contributed by atoms with Crippen molar-refractivity contribution in [2.24, 2.45) is 0 Å². The molecule has 1 amide bonds. The molecule has 2 aliphatic heterocycles. The second-order valence-electron chi connectivity index (χ2n) is 7.92. The number of carbonyl (C=O) groups excluding carboxylic acids is 2. The first kappa shape index (κ1) is 22.0. The summed E-state index contributed by atoms with van der Waals surface area (Å²) in [7, 11) is 0. The number of aromatic nitrogens is 2. The van der Waals surface area contributed by atoms with Crippen LogP contribution in [0.25, 0.3) is 5.76 Å². The fourth-order valence-electron chi connectivity index (χ4n) is 4.17. The first-order valence-electron chi connectivity index (χ1n) is 10.5. The zero-order valence-electron chi connectivity index (χ0n) is 18.0. The number of carbonyl (C=O) groups is 2. The summed E-state index contributed by atoms with van der Waals surface area (Å²) in [5.41, 5.74) is 1.08. The summed E-state index contributed by atoms with van der Waals surface area (Å²) in [4.78, 5) is 37.9. The fourth-order valence-corrected chi connectivity index (χ4v) is 4.17. The van der Waals surface area contributed by atoms with E-state index in [-0.39, 0.29) is 23.4 Å². The Labute approximate surface area is 185 Å². The zero-order chi connectivity index (χ0) is 22.8. The maximum Gasteiger partial charge on any atom is 0.295 e. The molecule has 8 nitrogen and oxygen atoms in total. The smallest absolute Gasteiger partial charge is 0.295 e. The van der Waals surface area contributed by atoms with E-state index < -0.39 is 23.5 Å². The first-order chi connectivity index (χ1) is 15.4. The van der Waals surface area contributed by atoms with E-state index in [9.17, 15) is 19.1 Å². The van der Waals surface area contributed by atoms with Crippen molar-refractivity contribution in [2.75, 3.05) is 39.4 Å². The highest BCUT2D eigenvalue weighted by Gasteiger charge is 2.46. The minimum Gasteiger partial charge on any atom is -0.507 e. The Morgan fingerprint density at radius 2 is 1.97 bits per heavy atom. The van der Waals surface area contributed by atoms with E-state index in [0.717, 1.165) is 13.1 Å². The molecule has 0 bridgehead atoms. The van der Waals surface area contributed by atoms with Gasteiger partial charge in [0.2, 0.25) is 0 Å². The third kappa shape index (κ3) is 4.26. The summed E-state index contributed by atoms with van der Waals surface area (Å²) >= 11 is 0. The molecule has 2 saturated heterocycles. The Morgan fingerprint density at radius 3 is 2.66 bits per heavy atom. The lowest BCUT2D eigenvalue weighted by atomic mass is 9.95. The lowest BCUT2D eigenvalue weighted by Crippen LogP contribution is -2.42. The number of benzene rings is 1. The van der Waals surface area contributed by atoms with Gasteiger partial charge < -0.3 is 14.7 Å². The minimum absolute atomic E-state index is 0.0851. The van der Waals surface area contributed by atoms with Crippen molar-refractivity contribution < 1.29 is 23.8 Å². The first-order valence-corrected chi connectivity index (χ1v) is 10.5. The standard InChI is InChI=1S/C23H25FN4O4/c1-14-18(13-25-15(2)26-14)21(29)19-20(16-4-3-5-17(24)12-16)28(23(31)22(19)30)7-6-27-8-10-32-11-9-27/h3-5,12-13,20,29H,6-11H2,1-2H3/b21-19+. The molecule has 1 aromatic carbocycles. The van der Waals surface area contributed by atoms with Crippen LogP contribution in [0, 0.1) is 19.7 Å². The molecule has 0 spiro atoms. The van der Waals surface area contributed by atoms with Gasteiger partial charge in [0.05, 0.1) is 36.1 Å². The normalized spacial score (nSPS) is 21.3. The molecule has 0 radical (unpaired) electrons. The predicted molar refractivity (Wildman–Crippen MR) is 114 cm³/mol. The summed E-state index contributed by atoms with van der Waals surface area (Å²) in [5.74, 6) is -1.86. The summed E-state index contributed by atoms with van der Waals surface area (Å²) < 4.78 is 19.4. The maximum absolute atomic E-state index is 14.1. The third-order valence-electron chi connectivity index (χ3n) is 5.82. The van der Waals surface area contributed by atoms with Gasteiger partial charge in [0.1, 0.15) is 17.4 Å². The number of rotatable bonds is 5. The molecule has 1 aromatic heterocycles. The second-order valence-corrected chi connectivity index (χ2v) is 7.92. The number of hydrogen-bond acceptors (Lipinski definition) is 7. The zero-order valence-corrected chi connectivity index (χ0v) is 18.0. The van der Waals surface area contributed by atoms with Gasteiger partial charge in [0.15, 0.2) is 0 Å². The van der Waals surface area contributed by atoms with Gasteiger partial charge in [-0.05, 0) is 31.5 Å². The number of Topliss-reactive ketones (excluding diaryl/α,β-unsaturated/α-hetero) is 1. The Kier molecular flexibility index (Phi) is 6.29. The molecule has 32 heavy (non-hydrogen) atoms. The number of halogens is 1. The van der Waals surface area contributed by atoms with E-state index in [4.69, 9.17) is 4.74 Å². The van der Waals surface area contributed by atoms with Gasteiger partial charge in [-0.15, -0.1) is 0 Å². The Balaban J connectivity index is 1.77. The van der Waals surface area contributed by atoms with Crippen LogP contribution in [0.3, 0.4) is 0 Å². The lowest BCUT2D eigenvalue weighted by Gasteiger charge is -2.31. The van der Waals surface area contributed by atoms with Crippen LogP contribution in [0.5, 0.6) is 0 Å². The van der Waals surface area contributed by atoms with Crippen LogP contribution in [0.4, 0.5) is 4.39 Å². The topological polar surface area (TPSA) is 95.9 Å². The van der Waals surface area contributed by atoms with Gasteiger partial charge in [0, 0.05) is 32.4 Å². The summed E-state index contributed by atoms with van der Waals surface area (Å²) in [5, 5.41) is 11.1. The van der Waals surface area contributed by atoms with Crippen molar-refractivity contribution >= 4 is 17.4 Å². The van der Waals surface area contributed by atoms with Gasteiger partial charge in [-0.1, -0.05) is 12.1 Å². The molecule has 9 heteroatoms. The Hall–Kier alpha value is -3.17. The van der Waals surface area contributed by atoms with Crippen molar-refractivity contribution in [3.05, 3.63) is 64.5 Å². The van der Waals surface area contributed by atoms with Crippen molar-refractivity contribution in [2.45, 2.75) is 19.9 Å². The van der Waals surface area contributed by atoms with Crippen molar-refractivity contribution in [3.63, 3.8) is 0 Å². The predicted octanol–water partition coefficient (Wildman–Crippen LogP) is 1.99. The van der Waals surface area contributed by atoms with E-state index in [2.05, 4.69) is 14.9 Å². The summed E-state index contributed by atoms with van der Waals surface area (Å²) in [6, 6.07) is 4.83. The van der Waals surface area contributed by atoms with Gasteiger partial charge in [0.25, 0.3) is 11.7 Å². The molecule has 0 aliphatic carbocycles. The average molecular weight is 440 g/mol. The van der Waals surface area contributed by atoms with Gasteiger partial charge >= 0.3 is 0 Å². The van der Waals surface area contributed by atoms with E-state index >= 15 is 0 Å². The Morgan fingerprint density at radius 1 is 1.22 bits per heavy atom. The largest absolute Gasteiger partial charge is 0.507 e. The van der Waals surface area contributed by atoms with Gasteiger partial charge in [-0.25, -0.2) is 14.4 Å². The molecule has 3 heterocycles. The van der Waals surface area contributed by atoms with Crippen molar-refractivity contribution in [1.82, 2.24) is 19.8 Å². The number of morpholine rings is 1. The van der Waals surface area contributed by atoms with E-state index in [0.29, 0.717) is 36.8 Å². The SMILES string of the molecule is Cc1ncc(/C(O)=C2\C(=O)C(=O)N(CCN3CCOCC3)C2c2cccc(F)c2)c(C)n1.